The lowest BCUT2D eigenvalue weighted by molar-refractivity contribution is -0.134. The number of carbonyl (C=O) groups is 1. The highest BCUT2D eigenvalue weighted by molar-refractivity contribution is 5.91. The number of ether oxygens (including phenoxy) is 2. The number of benzene rings is 2. The zero-order valence-corrected chi connectivity index (χ0v) is 17.4. The first kappa shape index (κ1) is 19.2. The Bertz CT molecular complexity index is 1160. The first-order chi connectivity index (χ1) is 15.6. The van der Waals surface area contributed by atoms with E-state index in [2.05, 4.69) is 10.1 Å². The second-order valence-corrected chi connectivity index (χ2v) is 8.48. The average Bonchev–Trinajstić information content (AvgIpc) is 3.25. The Balaban J connectivity index is 1.16. The Morgan fingerprint density at radius 1 is 0.938 bits per heavy atom. The van der Waals surface area contributed by atoms with E-state index < -0.39 is 5.41 Å². The van der Waals surface area contributed by atoms with Crippen molar-refractivity contribution in [1.82, 2.24) is 10.1 Å². The SMILES string of the molecule is O=C(N1CCN(c2ccc(F)cc2)CC1)C1(c2cc(-c3ccc4c(c3)OCO4)on2)CC1. The molecule has 164 valence electrons. The van der Waals surface area contributed by atoms with Gasteiger partial charge in [0.25, 0.3) is 0 Å². The van der Waals surface area contributed by atoms with Gasteiger partial charge in [0.15, 0.2) is 17.3 Å². The molecule has 8 heteroatoms. The zero-order chi connectivity index (χ0) is 21.7. The molecule has 2 aliphatic heterocycles. The fourth-order valence-corrected chi connectivity index (χ4v) is 4.51. The molecule has 1 aliphatic carbocycles. The van der Waals surface area contributed by atoms with Crippen molar-refractivity contribution in [2.75, 3.05) is 37.9 Å². The van der Waals surface area contributed by atoms with Crippen molar-refractivity contribution in [2.45, 2.75) is 18.3 Å². The van der Waals surface area contributed by atoms with Gasteiger partial charge in [0.05, 0.1) is 11.1 Å². The fourth-order valence-electron chi connectivity index (χ4n) is 4.51. The van der Waals surface area contributed by atoms with Crippen molar-refractivity contribution in [3.63, 3.8) is 0 Å². The smallest absolute Gasteiger partial charge is 0.235 e. The third kappa shape index (κ3) is 3.18. The summed E-state index contributed by atoms with van der Waals surface area (Å²) in [6, 6.07) is 14.0. The van der Waals surface area contributed by atoms with Crippen molar-refractivity contribution in [2.24, 2.45) is 0 Å². The molecule has 0 N–H and O–H groups in total. The van der Waals surface area contributed by atoms with E-state index in [0.29, 0.717) is 49.1 Å². The molecule has 0 atom stereocenters. The number of nitrogens with zero attached hydrogens (tertiary/aromatic N) is 3. The Morgan fingerprint density at radius 3 is 2.44 bits per heavy atom. The number of halogens is 1. The van der Waals surface area contributed by atoms with Gasteiger partial charge in [-0.05, 0) is 55.3 Å². The van der Waals surface area contributed by atoms with Gasteiger partial charge < -0.3 is 23.8 Å². The standard InChI is InChI=1S/C24H22FN3O4/c25-17-2-4-18(5-3-17)27-9-11-28(12-10-27)23(29)24(7-8-24)22-14-20(32-26-22)16-1-6-19-21(13-16)31-15-30-19/h1-6,13-14H,7-12,15H2. The van der Waals surface area contributed by atoms with Gasteiger partial charge in [0, 0.05) is 43.5 Å². The van der Waals surface area contributed by atoms with Gasteiger partial charge in [-0.2, -0.15) is 0 Å². The normalized spacial score (nSPS) is 18.7. The molecule has 6 rings (SSSR count). The molecule has 1 aromatic heterocycles. The monoisotopic (exact) mass is 435 g/mol. The first-order valence-electron chi connectivity index (χ1n) is 10.8. The van der Waals surface area contributed by atoms with Crippen LogP contribution in [0, 0.1) is 5.82 Å². The second-order valence-electron chi connectivity index (χ2n) is 8.48. The summed E-state index contributed by atoms with van der Waals surface area (Å²) in [6.45, 7) is 2.91. The topological polar surface area (TPSA) is 68.0 Å². The molecule has 3 aliphatic rings. The molecular formula is C24H22FN3O4. The second kappa shape index (κ2) is 7.25. The average molecular weight is 435 g/mol. The van der Waals surface area contributed by atoms with Crippen molar-refractivity contribution < 1.29 is 23.2 Å². The van der Waals surface area contributed by atoms with E-state index >= 15 is 0 Å². The summed E-state index contributed by atoms with van der Waals surface area (Å²) in [5, 5.41) is 4.27. The molecular weight excluding hydrogens is 413 g/mol. The van der Waals surface area contributed by atoms with E-state index in [1.165, 1.54) is 12.1 Å². The van der Waals surface area contributed by atoms with E-state index in [0.717, 1.165) is 24.1 Å². The molecule has 2 fully saturated rings. The van der Waals surface area contributed by atoms with E-state index in [4.69, 9.17) is 14.0 Å². The highest BCUT2D eigenvalue weighted by Crippen LogP contribution is 2.50. The minimum absolute atomic E-state index is 0.113. The quantitative estimate of drug-likeness (QED) is 0.624. The minimum Gasteiger partial charge on any atom is -0.454 e. The number of fused-ring (bicyclic) bond motifs is 1. The van der Waals surface area contributed by atoms with Crippen LogP contribution < -0.4 is 14.4 Å². The minimum atomic E-state index is -0.587. The van der Waals surface area contributed by atoms with Gasteiger partial charge in [-0.15, -0.1) is 0 Å². The van der Waals surface area contributed by atoms with Crippen LogP contribution in [0.1, 0.15) is 18.5 Å². The zero-order valence-electron chi connectivity index (χ0n) is 17.4. The van der Waals surface area contributed by atoms with Crippen LogP contribution in [0.25, 0.3) is 11.3 Å². The van der Waals surface area contributed by atoms with Crippen molar-refractivity contribution in [3.05, 3.63) is 60.0 Å². The van der Waals surface area contributed by atoms with Crippen molar-refractivity contribution in [1.29, 1.82) is 0 Å². The summed E-state index contributed by atoms with van der Waals surface area (Å²) < 4.78 is 29.6. The Labute approximate surface area is 184 Å². The van der Waals surface area contributed by atoms with Crippen molar-refractivity contribution >= 4 is 11.6 Å². The summed E-state index contributed by atoms with van der Waals surface area (Å²) in [6.07, 6.45) is 1.55. The largest absolute Gasteiger partial charge is 0.454 e. The fraction of sp³-hybridized carbons (Fsp3) is 0.333. The van der Waals surface area contributed by atoms with E-state index in [1.807, 2.05) is 29.2 Å². The van der Waals surface area contributed by atoms with Gasteiger partial charge in [0.1, 0.15) is 5.82 Å². The molecule has 0 spiro atoms. The number of hydrogen-bond donors (Lipinski definition) is 0. The highest BCUT2D eigenvalue weighted by Gasteiger charge is 2.55. The number of amides is 1. The molecule has 0 unspecified atom stereocenters. The van der Waals surface area contributed by atoms with Gasteiger partial charge in [-0.1, -0.05) is 5.16 Å². The molecule has 2 aromatic carbocycles. The Hall–Kier alpha value is -3.55. The molecule has 1 saturated carbocycles. The van der Waals surface area contributed by atoms with Crippen LogP contribution in [0.15, 0.2) is 53.1 Å². The van der Waals surface area contributed by atoms with Crippen LogP contribution in [-0.2, 0) is 10.2 Å². The lowest BCUT2D eigenvalue weighted by Crippen LogP contribution is -2.51. The van der Waals surface area contributed by atoms with Crippen LogP contribution in [0.5, 0.6) is 11.5 Å². The van der Waals surface area contributed by atoms with Crippen LogP contribution in [0.3, 0.4) is 0 Å². The number of aromatic nitrogens is 1. The number of rotatable bonds is 4. The van der Waals surface area contributed by atoms with E-state index in [-0.39, 0.29) is 18.5 Å². The van der Waals surface area contributed by atoms with E-state index in [1.54, 1.807) is 12.1 Å². The molecule has 3 heterocycles. The van der Waals surface area contributed by atoms with Crippen LogP contribution >= 0.6 is 0 Å². The molecule has 7 nitrogen and oxygen atoms in total. The van der Waals surface area contributed by atoms with E-state index in [9.17, 15) is 9.18 Å². The van der Waals surface area contributed by atoms with Crippen LogP contribution in [0.2, 0.25) is 0 Å². The third-order valence-corrected chi connectivity index (χ3v) is 6.58. The highest BCUT2D eigenvalue weighted by atomic mass is 19.1. The number of anilines is 1. The molecule has 0 radical (unpaired) electrons. The Kier molecular flexibility index (Phi) is 4.34. The van der Waals surface area contributed by atoms with Crippen LogP contribution in [-0.4, -0.2) is 48.9 Å². The van der Waals surface area contributed by atoms with Crippen LogP contribution in [0.4, 0.5) is 10.1 Å². The molecule has 32 heavy (non-hydrogen) atoms. The summed E-state index contributed by atoms with van der Waals surface area (Å²) in [5.74, 6) is 1.87. The number of carbonyl (C=O) groups excluding carboxylic acids is 1. The van der Waals surface area contributed by atoms with Gasteiger partial charge in [0.2, 0.25) is 12.7 Å². The summed E-state index contributed by atoms with van der Waals surface area (Å²) in [4.78, 5) is 17.5. The Morgan fingerprint density at radius 2 is 1.69 bits per heavy atom. The van der Waals surface area contributed by atoms with Gasteiger partial charge in [-0.3, -0.25) is 4.79 Å². The maximum Gasteiger partial charge on any atom is 0.235 e. The predicted octanol–water partition coefficient (Wildman–Crippen LogP) is 3.59. The first-order valence-corrected chi connectivity index (χ1v) is 10.8. The number of piperazine rings is 1. The molecule has 1 amide bonds. The predicted molar refractivity (Wildman–Crippen MR) is 114 cm³/mol. The summed E-state index contributed by atoms with van der Waals surface area (Å²) in [7, 11) is 0. The van der Waals surface area contributed by atoms with Crippen molar-refractivity contribution in [3.8, 4) is 22.8 Å². The molecule has 0 bridgehead atoms. The van der Waals surface area contributed by atoms with Gasteiger partial charge >= 0.3 is 0 Å². The molecule has 3 aromatic rings. The maximum absolute atomic E-state index is 13.4. The maximum atomic E-state index is 13.4. The summed E-state index contributed by atoms with van der Waals surface area (Å²) in [5.41, 5.74) is 1.92. The molecule has 1 saturated heterocycles. The lowest BCUT2D eigenvalue weighted by Gasteiger charge is -2.37. The van der Waals surface area contributed by atoms with Gasteiger partial charge in [-0.25, -0.2) is 4.39 Å². The summed E-state index contributed by atoms with van der Waals surface area (Å²) >= 11 is 0. The lowest BCUT2D eigenvalue weighted by atomic mass is 9.99. The third-order valence-electron chi connectivity index (χ3n) is 6.58. The number of hydrogen-bond acceptors (Lipinski definition) is 6.